The molecule has 0 bridgehead atoms. The van der Waals surface area contributed by atoms with Gasteiger partial charge in [0.05, 0.1) is 17.9 Å². The zero-order valence-electron chi connectivity index (χ0n) is 19.2. The van der Waals surface area contributed by atoms with Crippen molar-refractivity contribution in [2.75, 3.05) is 10.2 Å². The van der Waals surface area contributed by atoms with Crippen molar-refractivity contribution in [3.8, 4) is 0 Å². The lowest BCUT2D eigenvalue weighted by molar-refractivity contribution is -0.146. The van der Waals surface area contributed by atoms with Gasteiger partial charge in [-0.15, -0.1) is 0 Å². The number of carbonyl (C=O) groups excluding carboxylic acids is 3. The van der Waals surface area contributed by atoms with Gasteiger partial charge in [-0.1, -0.05) is 49.2 Å². The van der Waals surface area contributed by atoms with E-state index >= 15 is 0 Å². The fraction of sp³-hybridized carbons (Fsp3) is 0.444. The standard InChI is InChI=1S/C27H31N3O3/c1-17-16-23(28-19-10-4-3-5-11-19)22-14-8-9-15-24(22)29(17)25(31)18(2)30-26(32)20-12-6-7-13-21(20)27(30)33/h3-5,8-11,14-15,17-18,20-21,23,28H,6-7,12-13,16H2,1-2H3/t17-,18-,20?,21?,23+/m0/s1. The van der Waals surface area contributed by atoms with Gasteiger partial charge in [0.15, 0.2) is 0 Å². The van der Waals surface area contributed by atoms with Crippen LogP contribution in [0.25, 0.3) is 0 Å². The van der Waals surface area contributed by atoms with E-state index in [1.807, 2.05) is 61.5 Å². The highest BCUT2D eigenvalue weighted by atomic mass is 16.2. The Morgan fingerprint density at radius 2 is 1.55 bits per heavy atom. The van der Waals surface area contributed by atoms with Crippen LogP contribution in [0.5, 0.6) is 0 Å². The Hall–Kier alpha value is -3.15. The molecule has 2 heterocycles. The molecule has 2 aromatic rings. The SMILES string of the molecule is C[C@@H](C(=O)N1c2ccccc2[C@H](Nc2ccccc2)C[C@@H]1C)N1C(=O)C2CCCCC2C1=O. The largest absolute Gasteiger partial charge is 0.378 e. The van der Waals surface area contributed by atoms with Crippen molar-refractivity contribution < 1.29 is 14.4 Å². The number of nitrogens with zero attached hydrogens (tertiary/aromatic N) is 2. The normalized spacial score (nSPS) is 27.7. The van der Waals surface area contributed by atoms with Crippen molar-refractivity contribution in [3.63, 3.8) is 0 Å². The van der Waals surface area contributed by atoms with Gasteiger partial charge in [-0.25, -0.2) is 0 Å². The molecule has 1 N–H and O–H groups in total. The van der Waals surface area contributed by atoms with E-state index in [0.717, 1.165) is 49.0 Å². The van der Waals surface area contributed by atoms with Gasteiger partial charge in [0.1, 0.15) is 6.04 Å². The molecule has 33 heavy (non-hydrogen) atoms. The third kappa shape index (κ3) is 3.71. The van der Waals surface area contributed by atoms with Crippen molar-refractivity contribution in [1.29, 1.82) is 0 Å². The molecule has 1 aliphatic carbocycles. The molecule has 1 saturated carbocycles. The first-order chi connectivity index (χ1) is 16.0. The lowest BCUT2D eigenvalue weighted by atomic mass is 9.81. The van der Waals surface area contributed by atoms with Crippen molar-refractivity contribution in [2.45, 2.75) is 64.1 Å². The van der Waals surface area contributed by atoms with E-state index in [4.69, 9.17) is 0 Å². The first-order valence-electron chi connectivity index (χ1n) is 12.1. The van der Waals surface area contributed by atoms with Crippen LogP contribution < -0.4 is 10.2 Å². The summed E-state index contributed by atoms with van der Waals surface area (Å²) in [4.78, 5) is 43.0. The molecule has 0 aromatic heterocycles. The molecule has 6 nitrogen and oxygen atoms in total. The summed E-state index contributed by atoms with van der Waals surface area (Å²) in [6, 6.07) is 17.2. The van der Waals surface area contributed by atoms with Crippen molar-refractivity contribution >= 4 is 29.1 Å². The highest BCUT2D eigenvalue weighted by Crippen LogP contribution is 2.42. The number of hydrogen-bond donors (Lipinski definition) is 1. The molecule has 3 aliphatic rings. The summed E-state index contributed by atoms with van der Waals surface area (Å²) in [5.74, 6) is -0.994. The summed E-state index contributed by atoms with van der Waals surface area (Å²) >= 11 is 0. The molecule has 6 heteroatoms. The molecule has 3 amide bonds. The summed E-state index contributed by atoms with van der Waals surface area (Å²) in [5.41, 5.74) is 2.93. The highest BCUT2D eigenvalue weighted by Gasteiger charge is 2.51. The Morgan fingerprint density at radius 3 is 2.21 bits per heavy atom. The molecule has 0 spiro atoms. The first kappa shape index (κ1) is 21.7. The fourth-order valence-corrected chi connectivity index (χ4v) is 5.90. The number of nitrogens with one attached hydrogen (secondary N) is 1. The predicted molar refractivity (Wildman–Crippen MR) is 128 cm³/mol. The molecular formula is C27H31N3O3. The number of carbonyl (C=O) groups is 3. The van der Waals surface area contributed by atoms with Gasteiger partial charge < -0.3 is 10.2 Å². The monoisotopic (exact) mass is 445 g/mol. The highest BCUT2D eigenvalue weighted by molar-refractivity contribution is 6.10. The summed E-state index contributed by atoms with van der Waals surface area (Å²) in [7, 11) is 0. The van der Waals surface area contributed by atoms with E-state index in [1.165, 1.54) is 4.90 Å². The topological polar surface area (TPSA) is 69.7 Å². The number of anilines is 2. The Bertz CT molecular complexity index is 1050. The third-order valence-corrected chi connectivity index (χ3v) is 7.56. The summed E-state index contributed by atoms with van der Waals surface area (Å²) in [6.45, 7) is 3.74. The van der Waals surface area contributed by atoms with Gasteiger partial charge in [0, 0.05) is 17.4 Å². The van der Waals surface area contributed by atoms with E-state index in [9.17, 15) is 14.4 Å². The Morgan fingerprint density at radius 1 is 0.939 bits per heavy atom. The molecule has 5 atom stereocenters. The number of rotatable bonds is 4. The molecule has 2 aliphatic heterocycles. The van der Waals surface area contributed by atoms with E-state index < -0.39 is 6.04 Å². The number of benzene rings is 2. The molecule has 5 rings (SSSR count). The number of fused-ring (bicyclic) bond motifs is 2. The lowest BCUT2D eigenvalue weighted by Gasteiger charge is -2.41. The number of para-hydroxylation sites is 2. The summed E-state index contributed by atoms with van der Waals surface area (Å²) < 4.78 is 0. The van der Waals surface area contributed by atoms with Crippen LogP contribution in [0.15, 0.2) is 54.6 Å². The molecule has 2 unspecified atom stereocenters. The Labute approximate surface area is 194 Å². The smallest absolute Gasteiger partial charge is 0.250 e. The first-order valence-corrected chi connectivity index (χ1v) is 12.1. The Balaban J connectivity index is 1.42. The maximum atomic E-state index is 13.8. The number of imide groups is 1. The zero-order chi connectivity index (χ0) is 23.1. The summed E-state index contributed by atoms with van der Waals surface area (Å²) in [5, 5.41) is 3.60. The van der Waals surface area contributed by atoms with Crippen molar-refractivity contribution in [1.82, 2.24) is 4.90 Å². The van der Waals surface area contributed by atoms with Gasteiger partial charge in [-0.05, 0) is 56.9 Å². The van der Waals surface area contributed by atoms with Crippen LogP contribution in [0.3, 0.4) is 0 Å². The average molecular weight is 446 g/mol. The molecule has 2 fully saturated rings. The quantitative estimate of drug-likeness (QED) is 0.702. The van der Waals surface area contributed by atoms with Crippen LogP contribution in [-0.2, 0) is 14.4 Å². The second-order valence-corrected chi connectivity index (χ2v) is 9.63. The van der Waals surface area contributed by atoms with Gasteiger partial charge in [-0.2, -0.15) is 0 Å². The molecule has 0 radical (unpaired) electrons. The van der Waals surface area contributed by atoms with Crippen LogP contribution in [-0.4, -0.2) is 34.7 Å². The molecule has 172 valence electrons. The van der Waals surface area contributed by atoms with E-state index in [0.29, 0.717) is 0 Å². The minimum atomic E-state index is -0.801. The minimum Gasteiger partial charge on any atom is -0.378 e. The second-order valence-electron chi connectivity index (χ2n) is 9.63. The van der Waals surface area contributed by atoms with Gasteiger partial charge in [0.25, 0.3) is 0 Å². The molecule has 2 aromatic carbocycles. The summed E-state index contributed by atoms with van der Waals surface area (Å²) in [6.07, 6.45) is 4.19. The van der Waals surface area contributed by atoms with Crippen LogP contribution in [0.1, 0.15) is 57.6 Å². The number of amides is 3. The predicted octanol–water partition coefficient (Wildman–Crippen LogP) is 4.53. The van der Waals surface area contributed by atoms with Gasteiger partial charge in [0.2, 0.25) is 17.7 Å². The van der Waals surface area contributed by atoms with Gasteiger partial charge >= 0.3 is 0 Å². The van der Waals surface area contributed by atoms with Crippen LogP contribution >= 0.6 is 0 Å². The van der Waals surface area contributed by atoms with Crippen molar-refractivity contribution in [2.24, 2.45) is 11.8 Å². The van der Waals surface area contributed by atoms with E-state index in [-0.39, 0.29) is 41.6 Å². The maximum Gasteiger partial charge on any atom is 0.250 e. The van der Waals surface area contributed by atoms with Crippen LogP contribution in [0, 0.1) is 11.8 Å². The third-order valence-electron chi connectivity index (χ3n) is 7.56. The fourth-order valence-electron chi connectivity index (χ4n) is 5.90. The second kappa shape index (κ2) is 8.65. The van der Waals surface area contributed by atoms with Crippen LogP contribution in [0.2, 0.25) is 0 Å². The average Bonchev–Trinajstić information content (AvgIpc) is 3.09. The minimum absolute atomic E-state index is 0.0656. The van der Waals surface area contributed by atoms with E-state index in [1.54, 1.807) is 11.8 Å². The molecular weight excluding hydrogens is 414 g/mol. The van der Waals surface area contributed by atoms with Crippen LogP contribution in [0.4, 0.5) is 11.4 Å². The number of likely N-dealkylation sites (tertiary alicyclic amines) is 1. The maximum absolute atomic E-state index is 13.8. The van der Waals surface area contributed by atoms with Gasteiger partial charge in [-0.3, -0.25) is 19.3 Å². The van der Waals surface area contributed by atoms with Crippen molar-refractivity contribution in [3.05, 3.63) is 60.2 Å². The zero-order valence-corrected chi connectivity index (χ0v) is 19.2. The van der Waals surface area contributed by atoms with E-state index in [2.05, 4.69) is 5.32 Å². The lowest BCUT2D eigenvalue weighted by Crippen LogP contribution is -2.54. The Kier molecular flexibility index (Phi) is 5.69. The number of hydrogen-bond acceptors (Lipinski definition) is 4. The molecule has 1 saturated heterocycles.